The Labute approximate surface area is 94.6 Å². The smallest absolute Gasteiger partial charge is 0.404 e. The van der Waals surface area contributed by atoms with Crippen LogP contribution in [0.3, 0.4) is 0 Å². The SMILES string of the molecule is N[C@H]1CC[C@H](NC(=O)CCNC(=O)O)CC1. The Morgan fingerprint density at radius 2 is 1.88 bits per heavy atom. The van der Waals surface area contributed by atoms with Crippen molar-refractivity contribution in [3.05, 3.63) is 0 Å². The molecule has 16 heavy (non-hydrogen) atoms. The van der Waals surface area contributed by atoms with E-state index in [4.69, 9.17) is 10.8 Å². The van der Waals surface area contributed by atoms with Gasteiger partial charge in [0.1, 0.15) is 0 Å². The van der Waals surface area contributed by atoms with Crippen LogP contribution in [0.5, 0.6) is 0 Å². The molecular weight excluding hydrogens is 210 g/mol. The Kier molecular flexibility index (Phi) is 5.04. The lowest BCUT2D eigenvalue weighted by atomic mass is 9.92. The molecule has 0 heterocycles. The third kappa shape index (κ3) is 4.97. The summed E-state index contributed by atoms with van der Waals surface area (Å²) in [6.07, 6.45) is 2.81. The summed E-state index contributed by atoms with van der Waals surface area (Å²) in [6, 6.07) is 0.471. The van der Waals surface area contributed by atoms with Crippen LogP contribution in [0.1, 0.15) is 32.1 Å². The largest absolute Gasteiger partial charge is 0.465 e. The maximum absolute atomic E-state index is 11.4. The first-order valence-electron chi connectivity index (χ1n) is 5.59. The monoisotopic (exact) mass is 229 g/mol. The van der Waals surface area contributed by atoms with Gasteiger partial charge in [-0.1, -0.05) is 0 Å². The Bertz CT molecular complexity index is 250. The van der Waals surface area contributed by atoms with Crippen molar-refractivity contribution in [3.63, 3.8) is 0 Å². The highest BCUT2D eigenvalue weighted by Crippen LogP contribution is 2.16. The summed E-state index contributed by atoms with van der Waals surface area (Å²) in [6.45, 7) is 0.160. The first-order chi connectivity index (χ1) is 7.58. The number of hydrogen-bond acceptors (Lipinski definition) is 3. The molecule has 6 heteroatoms. The lowest BCUT2D eigenvalue weighted by molar-refractivity contribution is -0.121. The molecule has 5 N–H and O–H groups in total. The molecule has 1 saturated carbocycles. The second-order valence-electron chi connectivity index (χ2n) is 4.16. The minimum absolute atomic E-state index is 0.103. The van der Waals surface area contributed by atoms with E-state index < -0.39 is 6.09 Å². The van der Waals surface area contributed by atoms with Crippen LogP contribution >= 0.6 is 0 Å². The maximum Gasteiger partial charge on any atom is 0.404 e. The summed E-state index contributed by atoms with van der Waals surface area (Å²) < 4.78 is 0. The predicted molar refractivity (Wildman–Crippen MR) is 59.0 cm³/mol. The molecule has 92 valence electrons. The van der Waals surface area contributed by atoms with Crippen molar-refractivity contribution in [2.24, 2.45) is 5.73 Å². The van der Waals surface area contributed by atoms with Crippen LogP contribution in [-0.4, -0.2) is 35.7 Å². The number of hydrogen-bond donors (Lipinski definition) is 4. The second kappa shape index (κ2) is 6.32. The number of carbonyl (C=O) groups is 2. The fourth-order valence-corrected chi connectivity index (χ4v) is 1.85. The van der Waals surface area contributed by atoms with E-state index in [0.29, 0.717) is 0 Å². The summed E-state index contributed by atoms with van der Waals surface area (Å²) in [5, 5.41) is 13.4. The zero-order valence-electron chi connectivity index (χ0n) is 9.24. The molecule has 6 nitrogen and oxygen atoms in total. The molecule has 0 saturated heterocycles. The van der Waals surface area contributed by atoms with Crippen LogP contribution in [0, 0.1) is 0 Å². The molecule has 0 aromatic heterocycles. The van der Waals surface area contributed by atoms with Gasteiger partial charge < -0.3 is 21.5 Å². The predicted octanol–water partition coefficient (Wildman–Crippen LogP) is 0.0302. The van der Waals surface area contributed by atoms with Gasteiger partial charge in [-0.25, -0.2) is 4.79 Å². The molecule has 0 radical (unpaired) electrons. The average Bonchev–Trinajstić information content (AvgIpc) is 2.21. The Morgan fingerprint density at radius 1 is 1.25 bits per heavy atom. The van der Waals surface area contributed by atoms with Gasteiger partial charge in [0, 0.05) is 25.0 Å². The molecule has 1 aliphatic carbocycles. The topological polar surface area (TPSA) is 104 Å². The molecule has 0 aromatic carbocycles. The zero-order chi connectivity index (χ0) is 12.0. The molecule has 1 rings (SSSR count). The van der Waals surface area contributed by atoms with Crippen LogP contribution in [0.2, 0.25) is 0 Å². The lowest BCUT2D eigenvalue weighted by Crippen LogP contribution is -2.41. The van der Waals surface area contributed by atoms with Crippen LogP contribution in [0.4, 0.5) is 4.79 Å². The van der Waals surface area contributed by atoms with Crippen LogP contribution in [0.25, 0.3) is 0 Å². The van der Waals surface area contributed by atoms with E-state index >= 15 is 0 Å². The number of rotatable bonds is 4. The first kappa shape index (κ1) is 12.8. The molecule has 0 aliphatic heterocycles. The minimum atomic E-state index is -1.10. The highest BCUT2D eigenvalue weighted by Gasteiger charge is 2.19. The summed E-state index contributed by atoms with van der Waals surface area (Å²) in [5.74, 6) is -0.103. The first-order valence-corrected chi connectivity index (χ1v) is 5.59. The summed E-state index contributed by atoms with van der Waals surface area (Å²) in [4.78, 5) is 21.5. The number of carboxylic acid groups (broad SMARTS) is 1. The van der Waals surface area contributed by atoms with Gasteiger partial charge in [0.15, 0.2) is 0 Å². The third-order valence-corrected chi connectivity index (χ3v) is 2.77. The Morgan fingerprint density at radius 3 is 2.44 bits per heavy atom. The molecule has 0 unspecified atom stereocenters. The van der Waals surface area contributed by atoms with E-state index in [1.807, 2.05) is 0 Å². The Balaban J connectivity index is 2.11. The van der Waals surface area contributed by atoms with E-state index in [0.717, 1.165) is 25.7 Å². The third-order valence-electron chi connectivity index (χ3n) is 2.77. The zero-order valence-corrected chi connectivity index (χ0v) is 9.24. The van der Waals surface area contributed by atoms with E-state index in [2.05, 4.69) is 10.6 Å². The van der Waals surface area contributed by atoms with Crippen LogP contribution in [0.15, 0.2) is 0 Å². The quantitative estimate of drug-likeness (QED) is 0.546. The minimum Gasteiger partial charge on any atom is -0.465 e. The van der Waals surface area contributed by atoms with Crippen molar-refractivity contribution in [2.45, 2.75) is 44.2 Å². The van der Waals surface area contributed by atoms with Crippen molar-refractivity contribution < 1.29 is 14.7 Å². The molecule has 1 aliphatic rings. The van der Waals surface area contributed by atoms with Crippen LogP contribution in [-0.2, 0) is 4.79 Å². The highest BCUT2D eigenvalue weighted by atomic mass is 16.4. The Hall–Kier alpha value is -1.30. The van der Waals surface area contributed by atoms with Gasteiger partial charge in [0.05, 0.1) is 0 Å². The van der Waals surface area contributed by atoms with Crippen molar-refractivity contribution in [1.29, 1.82) is 0 Å². The van der Waals surface area contributed by atoms with Gasteiger partial charge in [-0.3, -0.25) is 4.79 Å². The van der Waals surface area contributed by atoms with Crippen LogP contribution < -0.4 is 16.4 Å². The maximum atomic E-state index is 11.4. The normalized spacial score (nSPS) is 24.8. The summed E-state index contributed by atoms with van der Waals surface area (Å²) >= 11 is 0. The van der Waals surface area contributed by atoms with Crippen molar-refractivity contribution in [3.8, 4) is 0 Å². The van der Waals surface area contributed by atoms with E-state index in [-0.39, 0.29) is 31.0 Å². The fourth-order valence-electron chi connectivity index (χ4n) is 1.85. The van der Waals surface area contributed by atoms with Gasteiger partial charge in [-0.15, -0.1) is 0 Å². The van der Waals surface area contributed by atoms with Gasteiger partial charge in [0.2, 0.25) is 5.91 Å². The molecule has 0 bridgehead atoms. The molecule has 0 atom stereocenters. The molecule has 2 amide bonds. The van der Waals surface area contributed by atoms with Gasteiger partial charge in [0.25, 0.3) is 0 Å². The number of amides is 2. The summed E-state index contributed by atoms with van der Waals surface area (Å²) in [7, 11) is 0. The number of nitrogens with one attached hydrogen (secondary N) is 2. The van der Waals surface area contributed by atoms with Crippen molar-refractivity contribution in [1.82, 2.24) is 10.6 Å². The second-order valence-corrected chi connectivity index (χ2v) is 4.16. The van der Waals surface area contributed by atoms with E-state index in [1.54, 1.807) is 0 Å². The molecule has 1 fully saturated rings. The molecule has 0 aromatic rings. The van der Waals surface area contributed by atoms with Gasteiger partial charge in [-0.2, -0.15) is 0 Å². The van der Waals surface area contributed by atoms with E-state index in [1.165, 1.54) is 0 Å². The van der Waals surface area contributed by atoms with Crippen molar-refractivity contribution in [2.75, 3.05) is 6.54 Å². The van der Waals surface area contributed by atoms with Crippen molar-refractivity contribution >= 4 is 12.0 Å². The average molecular weight is 229 g/mol. The van der Waals surface area contributed by atoms with Gasteiger partial charge in [-0.05, 0) is 25.7 Å². The summed E-state index contributed by atoms with van der Waals surface area (Å²) in [5.41, 5.74) is 5.75. The van der Waals surface area contributed by atoms with E-state index in [9.17, 15) is 9.59 Å². The van der Waals surface area contributed by atoms with Gasteiger partial charge >= 0.3 is 6.09 Å². The fraction of sp³-hybridized carbons (Fsp3) is 0.800. The lowest BCUT2D eigenvalue weighted by Gasteiger charge is -2.26. The molecular formula is C10H19N3O3. The number of carbonyl (C=O) groups excluding carboxylic acids is 1. The highest BCUT2D eigenvalue weighted by molar-refractivity contribution is 5.77. The standard InChI is InChI=1S/C10H19N3O3/c11-7-1-3-8(4-2-7)13-9(14)5-6-12-10(15)16/h7-8,12H,1-6,11H2,(H,13,14)(H,15,16)/t7-,8-. The number of nitrogens with two attached hydrogens (primary N) is 1. The molecule has 0 spiro atoms.